The monoisotopic (exact) mass is 312 g/mol. The number of aryl methyl sites for hydroxylation is 1. The van der Waals surface area contributed by atoms with Crippen LogP contribution in [0.3, 0.4) is 0 Å². The Hall–Kier alpha value is -2.17. The van der Waals surface area contributed by atoms with Crippen molar-refractivity contribution in [2.45, 2.75) is 51.6 Å². The molecule has 2 aromatic rings. The van der Waals surface area contributed by atoms with Crippen LogP contribution in [0, 0.1) is 5.41 Å². The number of carbonyl (C=O) groups is 1. The first-order valence-corrected chi connectivity index (χ1v) is 8.35. The van der Waals surface area contributed by atoms with Crippen molar-refractivity contribution in [2.24, 2.45) is 5.41 Å². The summed E-state index contributed by atoms with van der Waals surface area (Å²) in [6.07, 6.45) is 8.07. The predicted molar refractivity (Wildman–Crippen MR) is 88.7 cm³/mol. The molecule has 1 heterocycles. The summed E-state index contributed by atoms with van der Waals surface area (Å²) in [4.78, 5) is 16.7. The number of carbonyl (C=O) groups excluding carboxylic acids is 1. The molecule has 1 aromatic heterocycles. The maximum atomic E-state index is 12.8. The summed E-state index contributed by atoms with van der Waals surface area (Å²) in [6, 6.07) is 10.5. The largest absolute Gasteiger partial charge is 0.353 e. The number of nitrogens with one attached hydrogen (secondary N) is 1. The minimum Gasteiger partial charge on any atom is -0.353 e. The standard InChI is InChI=1S/C18H24N4O/c1-15(8-11-22-14-19-13-20-22)21-17(23)18(9-5-10-18)12-16-6-3-2-4-7-16/h2-4,6-7,13-15H,5,8-12H2,1H3,(H,21,23)/t15-/m0/s1. The summed E-state index contributed by atoms with van der Waals surface area (Å²) in [5, 5.41) is 7.30. The van der Waals surface area contributed by atoms with Gasteiger partial charge in [-0.15, -0.1) is 0 Å². The van der Waals surface area contributed by atoms with Gasteiger partial charge in [0.1, 0.15) is 12.7 Å². The molecule has 122 valence electrons. The minimum absolute atomic E-state index is 0.139. The molecule has 0 spiro atoms. The Labute approximate surface area is 137 Å². The molecule has 23 heavy (non-hydrogen) atoms. The van der Waals surface area contributed by atoms with Crippen molar-refractivity contribution in [3.8, 4) is 0 Å². The van der Waals surface area contributed by atoms with Crippen molar-refractivity contribution in [3.05, 3.63) is 48.5 Å². The van der Waals surface area contributed by atoms with Crippen LogP contribution >= 0.6 is 0 Å². The van der Waals surface area contributed by atoms with Crippen molar-refractivity contribution >= 4 is 5.91 Å². The van der Waals surface area contributed by atoms with Crippen molar-refractivity contribution in [2.75, 3.05) is 0 Å². The van der Waals surface area contributed by atoms with E-state index in [9.17, 15) is 4.79 Å². The van der Waals surface area contributed by atoms with Crippen molar-refractivity contribution < 1.29 is 4.79 Å². The number of benzene rings is 1. The molecule has 1 fully saturated rings. The number of hydrogen-bond donors (Lipinski definition) is 1. The fraction of sp³-hybridized carbons (Fsp3) is 0.500. The smallest absolute Gasteiger partial charge is 0.226 e. The van der Waals surface area contributed by atoms with E-state index in [2.05, 4.69) is 34.5 Å². The van der Waals surface area contributed by atoms with Gasteiger partial charge in [-0.25, -0.2) is 4.98 Å². The molecule has 0 bridgehead atoms. The second-order valence-electron chi connectivity index (χ2n) is 6.62. The molecule has 1 atom stereocenters. The second-order valence-corrected chi connectivity index (χ2v) is 6.62. The zero-order chi connectivity index (χ0) is 16.1. The molecule has 0 saturated heterocycles. The van der Waals surface area contributed by atoms with Crippen LogP contribution in [-0.4, -0.2) is 26.7 Å². The average Bonchev–Trinajstić information content (AvgIpc) is 3.03. The maximum absolute atomic E-state index is 12.8. The molecule has 1 N–H and O–H groups in total. The summed E-state index contributed by atoms with van der Waals surface area (Å²) in [5.41, 5.74) is 1.04. The molecule has 1 aromatic carbocycles. The van der Waals surface area contributed by atoms with Gasteiger partial charge in [-0.1, -0.05) is 36.8 Å². The molecule has 1 amide bonds. The second kappa shape index (κ2) is 6.94. The van der Waals surface area contributed by atoms with E-state index in [-0.39, 0.29) is 17.4 Å². The molecule has 1 saturated carbocycles. The Morgan fingerprint density at radius 1 is 1.35 bits per heavy atom. The lowest BCUT2D eigenvalue weighted by atomic mass is 9.64. The van der Waals surface area contributed by atoms with Gasteiger partial charge in [0.2, 0.25) is 5.91 Å². The van der Waals surface area contributed by atoms with Crippen LogP contribution in [0.15, 0.2) is 43.0 Å². The van der Waals surface area contributed by atoms with Crippen LogP contribution in [0.1, 0.15) is 38.2 Å². The molecule has 1 aliphatic rings. The van der Waals surface area contributed by atoms with Crippen LogP contribution in [0.5, 0.6) is 0 Å². The van der Waals surface area contributed by atoms with Crippen LogP contribution < -0.4 is 5.32 Å². The zero-order valence-electron chi connectivity index (χ0n) is 13.6. The number of amides is 1. The topological polar surface area (TPSA) is 59.8 Å². The maximum Gasteiger partial charge on any atom is 0.226 e. The van der Waals surface area contributed by atoms with E-state index >= 15 is 0 Å². The van der Waals surface area contributed by atoms with Crippen LogP contribution in [0.2, 0.25) is 0 Å². The molecular formula is C18H24N4O. The van der Waals surface area contributed by atoms with Gasteiger partial charge in [0, 0.05) is 12.6 Å². The summed E-state index contributed by atoms with van der Waals surface area (Å²) in [5.74, 6) is 0.207. The number of hydrogen-bond acceptors (Lipinski definition) is 3. The Kier molecular flexibility index (Phi) is 4.74. The lowest BCUT2D eigenvalue weighted by molar-refractivity contribution is -0.136. The van der Waals surface area contributed by atoms with Gasteiger partial charge in [0.05, 0.1) is 5.41 Å². The fourth-order valence-corrected chi connectivity index (χ4v) is 3.20. The molecule has 0 aliphatic heterocycles. The van der Waals surface area contributed by atoms with E-state index in [1.54, 1.807) is 11.0 Å². The van der Waals surface area contributed by atoms with Crippen LogP contribution in [0.4, 0.5) is 0 Å². The van der Waals surface area contributed by atoms with Gasteiger partial charge in [0.25, 0.3) is 0 Å². The lowest BCUT2D eigenvalue weighted by Crippen LogP contribution is -2.49. The van der Waals surface area contributed by atoms with Crippen molar-refractivity contribution in [3.63, 3.8) is 0 Å². The van der Waals surface area contributed by atoms with Gasteiger partial charge in [-0.05, 0) is 38.2 Å². The Morgan fingerprint density at radius 2 is 2.13 bits per heavy atom. The Bertz CT molecular complexity index is 620. The summed E-state index contributed by atoms with van der Waals surface area (Å²) in [7, 11) is 0. The fourth-order valence-electron chi connectivity index (χ4n) is 3.20. The van der Waals surface area contributed by atoms with Gasteiger partial charge < -0.3 is 5.32 Å². The quantitative estimate of drug-likeness (QED) is 0.855. The van der Waals surface area contributed by atoms with E-state index in [1.807, 2.05) is 18.2 Å². The third kappa shape index (κ3) is 3.78. The highest BCUT2D eigenvalue weighted by Gasteiger charge is 2.44. The predicted octanol–water partition coefficient (Wildman–Crippen LogP) is 2.59. The van der Waals surface area contributed by atoms with Crippen LogP contribution in [0.25, 0.3) is 0 Å². The number of rotatable bonds is 7. The van der Waals surface area contributed by atoms with Crippen LogP contribution in [-0.2, 0) is 17.8 Å². The first-order valence-electron chi connectivity index (χ1n) is 8.35. The third-order valence-corrected chi connectivity index (χ3v) is 4.81. The molecule has 5 nitrogen and oxygen atoms in total. The molecule has 3 rings (SSSR count). The first kappa shape index (κ1) is 15.7. The number of nitrogens with zero attached hydrogens (tertiary/aromatic N) is 3. The molecule has 5 heteroatoms. The summed E-state index contributed by atoms with van der Waals surface area (Å²) in [6.45, 7) is 2.83. The molecular weight excluding hydrogens is 288 g/mol. The van der Waals surface area contributed by atoms with E-state index in [0.29, 0.717) is 0 Å². The lowest BCUT2D eigenvalue weighted by Gasteiger charge is -2.41. The molecule has 1 aliphatic carbocycles. The zero-order valence-corrected chi connectivity index (χ0v) is 13.6. The van der Waals surface area contributed by atoms with Gasteiger partial charge in [0.15, 0.2) is 0 Å². The van der Waals surface area contributed by atoms with E-state index < -0.39 is 0 Å². The van der Waals surface area contributed by atoms with Gasteiger partial charge in [-0.2, -0.15) is 5.10 Å². The molecule has 0 unspecified atom stereocenters. The van der Waals surface area contributed by atoms with E-state index in [4.69, 9.17) is 0 Å². The van der Waals surface area contributed by atoms with Crippen molar-refractivity contribution in [1.82, 2.24) is 20.1 Å². The van der Waals surface area contributed by atoms with Gasteiger partial charge in [-0.3, -0.25) is 9.48 Å². The third-order valence-electron chi connectivity index (χ3n) is 4.81. The normalized spacial score (nSPS) is 17.3. The highest BCUT2D eigenvalue weighted by Crippen LogP contribution is 2.44. The van der Waals surface area contributed by atoms with E-state index in [0.717, 1.165) is 38.6 Å². The summed E-state index contributed by atoms with van der Waals surface area (Å²) >= 11 is 0. The van der Waals surface area contributed by atoms with Gasteiger partial charge >= 0.3 is 0 Å². The average molecular weight is 312 g/mol. The minimum atomic E-state index is -0.205. The van der Waals surface area contributed by atoms with Crippen molar-refractivity contribution in [1.29, 1.82) is 0 Å². The van der Waals surface area contributed by atoms with E-state index in [1.165, 1.54) is 11.9 Å². The molecule has 0 radical (unpaired) electrons. The number of aromatic nitrogens is 3. The first-order chi connectivity index (χ1) is 11.2. The summed E-state index contributed by atoms with van der Waals surface area (Å²) < 4.78 is 1.80. The Morgan fingerprint density at radius 3 is 2.74 bits per heavy atom. The Balaban J connectivity index is 1.55. The highest BCUT2D eigenvalue weighted by atomic mass is 16.2. The SMILES string of the molecule is C[C@@H](CCn1cncn1)NC(=O)C1(Cc2ccccc2)CCC1. The highest BCUT2D eigenvalue weighted by molar-refractivity contribution is 5.84.